The van der Waals surface area contributed by atoms with E-state index >= 15 is 0 Å². The van der Waals surface area contributed by atoms with Crippen LogP contribution >= 0.6 is 0 Å². The molecule has 6 nitrogen and oxygen atoms in total. The van der Waals surface area contributed by atoms with Crippen molar-refractivity contribution in [2.75, 3.05) is 6.54 Å². The quantitative estimate of drug-likeness (QED) is 0.597. The van der Waals surface area contributed by atoms with Gasteiger partial charge >= 0.3 is 13.1 Å². The smallest absolute Gasteiger partial charge is 0.460 e. The highest BCUT2D eigenvalue weighted by Crippen LogP contribution is 2.23. The molecular formula is C20H22BNO5. The molecule has 2 N–H and O–H groups in total. The number of fused-ring (bicyclic) bond motifs is 1. The Balaban J connectivity index is 1.64. The standard InChI is InChI=1S/C20H22BNO5/c1-13(2)18-16(9-8-15-12-27-21(25)19(15)18)20(24)22-10-17(23)26-11-14-6-4-3-5-7-14/h3-9,13,25H,10-12H2,1-2H3,(H,22,24). The molecule has 0 aromatic heterocycles. The number of hydrogen-bond acceptors (Lipinski definition) is 5. The normalized spacial score (nSPS) is 12.8. The van der Waals surface area contributed by atoms with Gasteiger partial charge in [-0.05, 0) is 34.1 Å². The van der Waals surface area contributed by atoms with Crippen LogP contribution in [0.1, 0.15) is 46.8 Å². The summed E-state index contributed by atoms with van der Waals surface area (Å²) >= 11 is 0. The lowest BCUT2D eigenvalue weighted by Crippen LogP contribution is -2.36. The highest BCUT2D eigenvalue weighted by Gasteiger charge is 2.33. The van der Waals surface area contributed by atoms with Crippen molar-refractivity contribution in [2.45, 2.75) is 33.0 Å². The third-order valence-electron chi connectivity index (χ3n) is 4.48. The van der Waals surface area contributed by atoms with Crippen molar-refractivity contribution in [3.8, 4) is 0 Å². The Labute approximate surface area is 158 Å². The lowest BCUT2D eigenvalue weighted by atomic mass is 9.72. The van der Waals surface area contributed by atoms with Gasteiger partial charge in [0.2, 0.25) is 0 Å². The third-order valence-corrected chi connectivity index (χ3v) is 4.48. The third kappa shape index (κ3) is 4.38. The molecule has 0 aliphatic carbocycles. The second-order valence-corrected chi connectivity index (χ2v) is 6.75. The number of nitrogens with one attached hydrogen (secondary N) is 1. The molecule has 1 heterocycles. The number of amides is 1. The van der Waals surface area contributed by atoms with Crippen molar-refractivity contribution < 1.29 is 24.0 Å². The molecule has 0 unspecified atom stereocenters. The fraction of sp³-hybridized carbons (Fsp3) is 0.300. The summed E-state index contributed by atoms with van der Waals surface area (Å²) in [7, 11) is -1.03. The summed E-state index contributed by atoms with van der Waals surface area (Å²) in [6.45, 7) is 4.16. The maximum atomic E-state index is 12.6. The van der Waals surface area contributed by atoms with E-state index in [9.17, 15) is 14.6 Å². The Hall–Kier alpha value is -2.64. The Morgan fingerprint density at radius 2 is 1.96 bits per heavy atom. The van der Waals surface area contributed by atoms with Crippen LogP contribution in [0.4, 0.5) is 0 Å². The van der Waals surface area contributed by atoms with Crippen molar-refractivity contribution >= 4 is 24.5 Å². The van der Waals surface area contributed by atoms with Gasteiger partial charge in [0.05, 0.1) is 6.61 Å². The second-order valence-electron chi connectivity index (χ2n) is 6.75. The van der Waals surface area contributed by atoms with Gasteiger partial charge in [0, 0.05) is 5.56 Å². The van der Waals surface area contributed by atoms with Crippen molar-refractivity contribution in [1.29, 1.82) is 0 Å². The predicted octanol–water partition coefficient (Wildman–Crippen LogP) is 1.50. The molecule has 0 fully saturated rings. The molecule has 0 spiro atoms. The van der Waals surface area contributed by atoms with Gasteiger partial charge in [-0.2, -0.15) is 0 Å². The average molecular weight is 367 g/mol. The van der Waals surface area contributed by atoms with Crippen molar-refractivity contribution in [2.24, 2.45) is 0 Å². The lowest BCUT2D eigenvalue weighted by molar-refractivity contribution is -0.143. The van der Waals surface area contributed by atoms with Gasteiger partial charge in [-0.15, -0.1) is 0 Å². The summed E-state index contributed by atoms with van der Waals surface area (Å²) in [6, 6.07) is 12.8. The van der Waals surface area contributed by atoms with Gasteiger partial charge in [-0.25, -0.2) is 0 Å². The number of hydrogen-bond donors (Lipinski definition) is 2. The summed E-state index contributed by atoms with van der Waals surface area (Å²) < 4.78 is 10.4. The molecule has 27 heavy (non-hydrogen) atoms. The van der Waals surface area contributed by atoms with E-state index in [4.69, 9.17) is 9.39 Å². The Morgan fingerprint density at radius 1 is 1.22 bits per heavy atom. The van der Waals surface area contributed by atoms with Crippen LogP contribution in [0.3, 0.4) is 0 Å². The Kier molecular flexibility index (Phi) is 5.93. The zero-order valence-electron chi connectivity index (χ0n) is 15.4. The predicted molar refractivity (Wildman–Crippen MR) is 101 cm³/mol. The maximum absolute atomic E-state index is 12.6. The minimum Gasteiger partial charge on any atom is -0.460 e. The number of esters is 1. The molecule has 0 saturated heterocycles. The lowest BCUT2D eigenvalue weighted by Gasteiger charge is -2.17. The van der Waals surface area contributed by atoms with Crippen LogP contribution in [-0.4, -0.2) is 30.6 Å². The van der Waals surface area contributed by atoms with Gasteiger partial charge < -0.3 is 19.7 Å². The zero-order valence-corrected chi connectivity index (χ0v) is 15.4. The zero-order chi connectivity index (χ0) is 19.4. The monoisotopic (exact) mass is 367 g/mol. The number of ether oxygens (including phenoxy) is 1. The maximum Gasteiger partial charge on any atom is 0.492 e. The van der Waals surface area contributed by atoms with Crippen LogP contribution in [0.2, 0.25) is 0 Å². The van der Waals surface area contributed by atoms with Gasteiger partial charge in [0.1, 0.15) is 13.2 Å². The molecule has 0 atom stereocenters. The average Bonchev–Trinajstić information content (AvgIpc) is 3.05. The summed E-state index contributed by atoms with van der Waals surface area (Å²) in [4.78, 5) is 24.5. The van der Waals surface area contributed by atoms with E-state index in [1.54, 1.807) is 12.1 Å². The van der Waals surface area contributed by atoms with E-state index < -0.39 is 13.1 Å². The minimum atomic E-state index is -1.03. The van der Waals surface area contributed by atoms with Crippen LogP contribution in [0.25, 0.3) is 0 Å². The van der Waals surface area contributed by atoms with Gasteiger partial charge in [0.15, 0.2) is 0 Å². The largest absolute Gasteiger partial charge is 0.492 e. The van der Waals surface area contributed by atoms with E-state index in [1.165, 1.54) is 0 Å². The SMILES string of the molecule is CC(C)c1c(C(=O)NCC(=O)OCc2ccccc2)ccc2c1B(O)OC2. The first kappa shape index (κ1) is 19.1. The summed E-state index contributed by atoms with van der Waals surface area (Å²) in [5.74, 6) is -0.873. The van der Waals surface area contributed by atoms with E-state index in [0.29, 0.717) is 17.6 Å². The van der Waals surface area contributed by atoms with Crippen molar-refractivity contribution in [3.63, 3.8) is 0 Å². The van der Waals surface area contributed by atoms with E-state index in [-0.39, 0.29) is 25.0 Å². The summed E-state index contributed by atoms with van der Waals surface area (Å²) in [5, 5.41) is 12.7. The van der Waals surface area contributed by atoms with Crippen molar-refractivity contribution in [1.82, 2.24) is 5.32 Å². The molecule has 1 aliphatic rings. The molecule has 1 amide bonds. The topological polar surface area (TPSA) is 84.9 Å². The molecule has 2 aromatic rings. The van der Waals surface area contributed by atoms with E-state index in [1.807, 2.05) is 44.2 Å². The van der Waals surface area contributed by atoms with E-state index in [2.05, 4.69) is 5.32 Å². The number of carbonyl (C=O) groups is 2. The minimum absolute atomic E-state index is 0.0158. The Morgan fingerprint density at radius 3 is 2.67 bits per heavy atom. The fourth-order valence-electron chi connectivity index (χ4n) is 3.21. The van der Waals surface area contributed by atoms with Crippen LogP contribution in [0.15, 0.2) is 42.5 Å². The summed E-state index contributed by atoms with van der Waals surface area (Å²) in [5.41, 5.74) is 3.60. The molecule has 1 aliphatic heterocycles. The molecule has 7 heteroatoms. The van der Waals surface area contributed by atoms with Crippen LogP contribution in [-0.2, 0) is 27.4 Å². The van der Waals surface area contributed by atoms with Crippen LogP contribution in [0.5, 0.6) is 0 Å². The first-order chi connectivity index (χ1) is 13.0. The van der Waals surface area contributed by atoms with Crippen LogP contribution in [0, 0.1) is 0 Å². The van der Waals surface area contributed by atoms with Gasteiger partial charge in [0.25, 0.3) is 5.91 Å². The highest BCUT2D eigenvalue weighted by molar-refractivity contribution is 6.62. The highest BCUT2D eigenvalue weighted by atomic mass is 16.5. The second kappa shape index (κ2) is 8.37. The molecule has 3 rings (SSSR count). The Bertz CT molecular complexity index is 838. The number of benzene rings is 2. The number of rotatable bonds is 6. The first-order valence-corrected chi connectivity index (χ1v) is 8.90. The fourth-order valence-corrected chi connectivity index (χ4v) is 3.21. The van der Waals surface area contributed by atoms with Gasteiger partial charge in [-0.3, -0.25) is 9.59 Å². The summed E-state index contributed by atoms with van der Waals surface area (Å²) in [6.07, 6.45) is 0. The number of carbonyl (C=O) groups excluding carboxylic acids is 2. The van der Waals surface area contributed by atoms with Gasteiger partial charge in [-0.1, -0.05) is 50.2 Å². The van der Waals surface area contributed by atoms with E-state index in [0.717, 1.165) is 16.7 Å². The molecule has 140 valence electrons. The molecule has 0 radical (unpaired) electrons. The molecule has 0 bridgehead atoms. The molecule has 0 saturated carbocycles. The van der Waals surface area contributed by atoms with Crippen molar-refractivity contribution in [3.05, 3.63) is 64.7 Å². The molecule has 2 aromatic carbocycles. The van der Waals surface area contributed by atoms with Crippen LogP contribution < -0.4 is 10.8 Å². The first-order valence-electron chi connectivity index (χ1n) is 8.90. The molecular weight excluding hydrogens is 345 g/mol.